The largest absolute Gasteiger partial charge is 0.495 e. The number of hydrogen-bond donors (Lipinski definition) is 2. The number of benzene rings is 1. The van der Waals surface area contributed by atoms with Crippen LogP contribution in [0, 0.1) is 0 Å². The molecule has 0 amide bonds. The minimum absolute atomic E-state index is 0.604. The first kappa shape index (κ1) is 14.6. The van der Waals surface area contributed by atoms with Gasteiger partial charge in [-0.1, -0.05) is 19.1 Å². The molecule has 0 radical (unpaired) electrons. The predicted molar refractivity (Wildman–Crippen MR) is 84.8 cm³/mol. The van der Waals surface area contributed by atoms with E-state index in [2.05, 4.69) is 43.5 Å². The second-order valence-corrected chi connectivity index (χ2v) is 5.00. The summed E-state index contributed by atoms with van der Waals surface area (Å²) in [5.41, 5.74) is 0.857. The summed E-state index contributed by atoms with van der Waals surface area (Å²) in [5.74, 6) is 2.07. The fourth-order valence-corrected chi connectivity index (χ4v) is 1.94. The van der Waals surface area contributed by atoms with Crippen LogP contribution in [0.3, 0.4) is 0 Å². The predicted octanol–water partition coefficient (Wildman–Crippen LogP) is 3.81. The Kier molecular flexibility index (Phi) is 5.17. The zero-order valence-electron chi connectivity index (χ0n) is 11.5. The van der Waals surface area contributed by atoms with Crippen molar-refractivity contribution in [3.63, 3.8) is 0 Å². The highest BCUT2D eigenvalue weighted by atomic mass is 79.9. The van der Waals surface area contributed by atoms with E-state index in [0.717, 1.165) is 28.9 Å². The summed E-state index contributed by atoms with van der Waals surface area (Å²) in [6.07, 6.45) is 2.75. The Morgan fingerprint density at radius 1 is 1.30 bits per heavy atom. The van der Waals surface area contributed by atoms with E-state index in [1.807, 2.05) is 24.3 Å². The second kappa shape index (κ2) is 7.09. The molecular formula is C14H17BrN4O. The number of nitrogens with one attached hydrogen (secondary N) is 2. The van der Waals surface area contributed by atoms with Gasteiger partial charge in [0, 0.05) is 12.7 Å². The fourth-order valence-electron chi connectivity index (χ4n) is 1.65. The van der Waals surface area contributed by atoms with Gasteiger partial charge in [0.1, 0.15) is 11.6 Å². The van der Waals surface area contributed by atoms with Crippen LogP contribution < -0.4 is 15.4 Å². The molecule has 5 nitrogen and oxygen atoms in total. The molecule has 0 bridgehead atoms. The standard InChI is InChI=1S/C14H17BrN4O/c1-3-8-16-14-17-9-10(15)13(19-14)18-11-6-4-5-7-12(11)20-2/h4-7,9H,3,8H2,1-2H3,(H2,16,17,18,19). The Balaban J connectivity index is 2.23. The first-order valence-corrected chi connectivity index (χ1v) is 7.20. The molecule has 0 aliphatic heterocycles. The van der Waals surface area contributed by atoms with E-state index in [1.54, 1.807) is 13.3 Å². The first-order valence-electron chi connectivity index (χ1n) is 6.41. The maximum absolute atomic E-state index is 5.32. The van der Waals surface area contributed by atoms with Crippen molar-refractivity contribution in [3.05, 3.63) is 34.9 Å². The molecule has 6 heteroatoms. The molecule has 1 heterocycles. The van der Waals surface area contributed by atoms with Crippen LogP contribution >= 0.6 is 15.9 Å². The lowest BCUT2D eigenvalue weighted by atomic mass is 10.3. The molecule has 0 aliphatic rings. The highest BCUT2D eigenvalue weighted by molar-refractivity contribution is 9.10. The maximum atomic E-state index is 5.32. The molecule has 106 valence electrons. The third kappa shape index (κ3) is 3.60. The Morgan fingerprint density at radius 3 is 2.85 bits per heavy atom. The van der Waals surface area contributed by atoms with E-state index < -0.39 is 0 Å². The minimum atomic E-state index is 0.604. The van der Waals surface area contributed by atoms with Crippen molar-refractivity contribution in [2.24, 2.45) is 0 Å². The normalized spacial score (nSPS) is 10.2. The van der Waals surface area contributed by atoms with E-state index in [4.69, 9.17) is 4.74 Å². The van der Waals surface area contributed by atoms with Gasteiger partial charge < -0.3 is 15.4 Å². The topological polar surface area (TPSA) is 59.1 Å². The summed E-state index contributed by atoms with van der Waals surface area (Å²) < 4.78 is 6.11. The third-order valence-electron chi connectivity index (χ3n) is 2.64. The van der Waals surface area contributed by atoms with Gasteiger partial charge >= 0.3 is 0 Å². The zero-order chi connectivity index (χ0) is 14.4. The molecule has 2 aromatic rings. The first-order chi connectivity index (χ1) is 9.74. The van der Waals surface area contributed by atoms with Crippen LogP contribution in [0.2, 0.25) is 0 Å². The molecule has 0 spiro atoms. The molecular weight excluding hydrogens is 320 g/mol. The lowest BCUT2D eigenvalue weighted by Crippen LogP contribution is -2.06. The average molecular weight is 337 g/mol. The van der Waals surface area contributed by atoms with Gasteiger partial charge in [0.05, 0.1) is 17.3 Å². The third-order valence-corrected chi connectivity index (χ3v) is 3.22. The van der Waals surface area contributed by atoms with Crippen molar-refractivity contribution >= 4 is 33.4 Å². The van der Waals surface area contributed by atoms with Crippen LogP contribution in [0.5, 0.6) is 5.75 Å². The molecule has 0 unspecified atom stereocenters. The van der Waals surface area contributed by atoms with Crippen LogP contribution in [0.25, 0.3) is 0 Å². The molecule has 2 N–H and O–H groups in total. The molecule has 2 rings (SSSR count). The van der Waals surface area contributed by atoms with E-state index in [9.17, 15) is 0 Å². The van der Waals surface area contributed by atoms with Gasteiger partial charge in [-0.3, -0.25) is 0 Å². The maximum Gasteiger partial charge on any atom is 0.224 e. The van der Waals surface area contributed by atoms with Gasteiger partial charge in [0.15, 0.2) is 0 Å². The van der Waals surface area contributed by atoms with E-state index in [-0.39, 0.29) is 0 Å². The van der Waals surface area contributed by atoms with E-state index in [0.29, 0.717) is 11.8 Å². The van der Waals surface area contributed by atoms with Crippen molar-refractivity contribution in [3.8, 4) is 5.75 Å². The Morgan fingerprint density at radius 2 is 2.10 bits per heavy atom. The SMILES string of the molecule is CCCNc1ncc(Br)c(Nc2ccccc2OC)n1. The van der Waals surface area contributed by atoms with Gasteiger partial charge in [-0.25, -0.2) is 4.98 Å². The molecule has 20 heavy (non-hydrogen) atoms. The molecule has 0 aliphatic carbocycles. The highest BCUT2D eigenvalue weighted by Gasteiger charge is 2.08. The number of methoxy groups -OCH3 is 1. The Hall–Kier alpha value is -1.82. The number of aromatic nitrogens is 2. The Bertz CT molecular complexity index is 577. The number of rotatable bonds is 6. The van der Waals surface area contributed by atoms with Crippen LogP contribution in [0.1, 0.15) is 13.3 Å². The molecule has 0 fully saturated rings. The van der Waals surface area contributed by atoms with Crippen LogP contribution in [0.4, 0.5) is 17.5 Å². The van der Waals surface area contributed by atoms with Gasteiger partial charge in [-0.2, -0.15) is 4.98 Å². The van der Waals surface area contributed by atoms with Crippen molar-refractivity contribution in [1.29, 1.82) is 0 Å². The zero-order valence-corrected chi connectivity index (χ0v) is 13.1. The second-order valence-electron chi connectivity index (χ2n) is 4.14. The monoisotopic (exact) mass is 336 g/mol. The number of para-hydroxylation sites is 2. The summed E-state index contributed by atoms with van der Waals surface area (Å²) in [4.78, 5) is 8.67. The summed E-state index contributed by atoms with van der Waals surface area (Å²) in [6.45, 7) is 2.94. The summed E-state index contributed by atoms with van der Waals surface area (Å²) >= 11 is 3.45. The molecule has 0 saturated carbocycles. The van der Waals surface area contributed by atoms with Crippen LogP contribution in [-0.4, -0.2) is 23.6 Å². The lowest BCUT2D eigenvalue weighted by molar-refractivity contribution is 0.417. The quantitative estimate of drug-likeness (QED) is 0.839. The van der Waals surface area contributed by atoms with Crippen LogP contribution in [0.15, 0.2) is 34.9 Å². The number of hydrogen-bond acceptors (Lipinski definition) is 5. The van der Waals surface area contributed by atoms with Crippen molar-refractivity contribution in [2.45, 2.75) is 13.3 Å². The van der Waals surface area contributed by atoms with E-state index >= 15 is 0 Å². The number of anilines is 3. The Labute approximate surface area is 126 Å². The van der Waals surface area contributed by atoms with Crippen LogP contribution in [-0.2, 0) is 0 Å². The minimum Gasteiger partial charge on any atom is -0.495 e. The number of nitrogens with zero attached hydrogens (tertiary/aromatic N) is 2. The summed E-state index contributed by atoms with van der Waals surface area (Å²) in [5, 5.41) is 6.41. The van der Waals surface area contributed by atoms with Crippen molar-refractivity contribution < 1.29 is 4.74 Å². The summed E-state index contributed by atoms with van der Waals surface area (Å²) in [6, 6.07) is 7.70. The van der Waals surface area contributed by atoms with Gasteiger partial charge in [0.25, 0.3) is 0 Å². The van der Waals surface area contributed by atoms with E-state index in [1.165, 1.54) is 0 Å². The average Bonchev–Trinajstić information content (AvgIpc) is 2.48. The molecule has 1 aromatic heterocycles. The molecule has 0 atom stereocenters. The molecule has 0 saturated heterocycles. The smallest absolute Gasteiger partial charge is 0.224 e. The number of ether oxygens (including phenoxy) is 1. The summed E-state index contributed by atoms with van der Waals surface area (Å²) in [7, 11) is 1.64. The van der Waals surface area contributed by atoms with Gasteiger partial charge in [-0.15, -0.1) is 0 Å². The highest BCUT2D eigenvalue weighted by Crippen LogP contribution is 2.29. The van der Waals surface area contributed by atoms with Gasteiger partial charge in [0.2, 0.25) is 5.95 Å². The molecule has 1 aromatic carbocycles. The van der Waals surface area contributed by atoms with Crippen molar-refractivity contribution in [2.75, 3.05) is 24.3 Å². The fraction of sp³-hybridized carbons (Fsp3) is 0.286. The lowest BCUT2D eigenvalue weighted by Gasteiger charge is -2.12. The van der Waals surface area contributed by atoms with Gasteiger partial charge in [-0.05, 0) is 34.5 Å². The van der Waals surface area contributed by atoms with Crippen molar-refractivity contribution in [1.82, 2.24) is 9.97 Å². The number of halogens is 1.